The van der Waals surface area contributed by atoms with Crippen LogP contribution in [0.5, 0.6) is 0 Å². The molecule has 3 aromatic rings. The smallest absolute Gasteiger partial charge is 0.319 e. The summed E-state index contributed by atoms with van der Waals surface area (Å²) in [6.45, 7) is 1.85. The molecule has 2 aromatic heterocycles. The van der Waals surface area contributed by atoms with Crippen molar-refractivity contribution in [1.29, 1.82) is 0 Å². The van der Waals surface area contributed by atoms with Gasteiger partial charge in [0, 0.05) is 38.3 Å². The van der Waals surface area contributed by atoms with E-state index in [4.69, 9.17) is 11.6 Å². The normalized spacial score (nSPS) is 10.4. The molecule has 0 atom stereocenters. The number of halogens is 1. The molecule has 0 saturated carbocycles. The Morgan fingerprint density at radius 3 is 2.45 bits per heavy atom. The number of carbonyl (C=O) groups is 1. The summed E-state index contributed by atoms with van der Waals surface area (Å²) in [6, 6.07) is 10.8. The molecule has 0 radical (unpaired) electrons. The molecule has 3 rings (SSSR count). The third kappa shape index (κ3) is 5.70. The zero-order valence-corrected chi connectivity index (χ0v) is 19.3. The Morgan fingerprint density at radius 2 is 1.79 bits per heavy atom. The predicted octanol–water partition coefficient (Wildman–Crippen LogP) is 1.83. The molecule has 1 aromatic carbocycles. The number of hydrogen-bond donors (Lipinski definition) is 1. The van der Waals surface area contributed by atoms with Crippen LogP contribution in [0.1, 0.15) is 23.1 Å². The average Bonchev–Trinajstić information content (AvgIpc) is 2.79. The maximum absolute atomic E-state index is 12.6. The number of amides is 1. The molecule has 0 unspecified atom stereocenters. The summed E-state index contributed by atoms with van der Waals surface area (Å²) in [4.78, 5) is 49.3. The van der Waals surface area contributed by atoms with Crippen molar-refractivity contribution in [3.63, 3.8) is 0 Å². The minimum Gasteiger partial charge on any atom is -0.319 e. The Bertz CT molecular complexity index is 1440. The molecule has 0 fully saturated rings. The maximum Gasteiger partial charge on any atom is 0.332 e. The summed E-state index contributed by atoms with van der Waals surface area (Å²) in [6.07, 6.45) is 2.22. The molecule has 8 nitrogen and oxygen atoms in total. The quantitative estimate of drug-likeness (QED) is 0.458. The van der Waals surface area contributed by atoms with Gasteiger partial charge >= 0.3 is 5.69 Å². The molecule has 0 aliphatic heterocycles. The van der Waals surface area contributed by atoms with Crippen molar-refractivity contribution in [2.75, 3.05) is 5.32 Å². The minimum absolute atomic E-state index is 0.132. The van der Waals surface area contributed by atoms with Gasteiger partial charge in [-0.25, -0.2) is 4.79 Å². The van der Waals surface area contributed by atoms with E-state index in [2.05, 4.69) is 17.2 Å². The van der Waals surface area contributed by atoms with Crippen molar-refractivity contribution in [2.45, 2.75) is 26.3 Å². The van der Waals surface area contributed by atoms with Crippen LogP contribution in [0.4, 0.5) is 5.69 Å². The molecule has 33 heavy (non-hydrogen) atoms. The molecule has 0 spiro atoms. The SMILES string of the molecule is Cc1ccc(CCC(=O)Nc2c(Cl)n(CC#Cc3ccn(C)c(=O)c3)c(=O)n(C)c2=O)cc1. The van der Waals surface area contributed by atoms with Crippen molar-refractivity contribution in [1.82, 2.24) is 13.7 Å². The van der Waals surface area contributed by atoms with Crippen LogP contribution in [0.25, 0.3) is 0 Å². The monoisotopic (exact) mass is 466 g/mol. The van der Waals surface area contributed by atoms with E-state index in [-0.39, 0.29) is 29.4 Å². The van der Waals surface area contributed by atoms with E-state index in [1.165, 1.54) is 17.7 Å². The summed E-state index contributed by atoms with van der Waals surface area (Å²) < 4.78 is 3.36. The fourth-order valence-corrected chi connectivity index (χ4v) is 3.31. The van der Waals surface area contributed by atoms with Gasteiger partial charge in [0.1, 0.15) is 10.8 Å². The van der Waals surface area contributed by atoms with Gasteiger partial charge in [0.15, 0.2) is 0 Å². The molecule has 0 bridgehead atoms. The van der Waals surface area contributed by atoms with Crippen molar-refractivity contribution in [3.05, 3.63) is 95.6 Å². The van der Waals surface area contributed by atoms with Crippen molar-refractivity contribution in [2.24, 2.45) is 14.1 Å². The Hall–Kier alpha value is -3.83. The van der Waals surface area contributed by atoms with E-state index in [9.17, 15) is 19.2 Å². The fraction of sp³-hybridized carbons (Fsp3) is 0.250. The van der Waals surface area contributed by atoms with E-state index in [1.54, 1.807) is 19.3 Å². The van der Waals surface area contributed by atoms with Crippen LogP contribution >= 0.6 is 11.6 Å². The molecule has 0 saturated heterocycles. The van der Waals surface area contributed by atoms with E-state index in [1.807, 2.05) is 31.2 Å². The molecule has 9 heteroatoms. The maximum atomic E-state index is 12.6. The van der Waals surface area contributed by atoms with Crippen molar-refractivity contribution < 1.29 is 4.79 Å². The van der Waals surface area contributed by atoms with E-state index in [0.717, 1.165) is 20.3 Å². The van der Waals surface area contributed by atoms with Crippen LogP contribution in [0.15, 0.2) is 57.0 Å². The Balaban J connectivity index is 1.81. The molecule has 2 heterocycles. The third-order valence-corrected chi connectivity index (χ3v) is 5.47. The van der Waals surface area contributed by atoms with Gasteiger partial charge in [0.05, 0.1) is 6.54 Å². The van der Waals surface area contributed by atoms with Gasteiger partial charge in [-0.05, 0) is 25.0 Å². The number of carbonyl (C=O) groups excluding carboxylic acids is 1. The van der Waals surface area contributed by atoms with Crippen LogP contribution in [-0.2, 0) is 31.9 Å². The number of aromatic nitrogens is 3. The second-order valence-corrected chi connectivity index (χ2v) is 7.96. The number of nitrogens with one attached hydrogen (secondary N) is 1. The number of hydrogen-bond acceptors (Lipinski definition) is 4. The lowest BCUT2D eigenvalue weighted by Crippen LogP contribution is -2.40. The van der Waals surface area contributed by atoms with Crippen molar-refractivity contribution >= 4 is 23.2 Å². The fourth-order valence-electron chi connectivity index (χ4n) is 3.05. The van der Waals surface area contributed by atoms with E-state index in [0.29, 0.717) is 12.0 Å². The van der Waals surface area contributed by atoms with E-state index >= 15 is 0 Å². The van der Waals surface area contributed by atoms with Crippen LogP contribution in [0.2, 0.25) is 5.15 Å². The highest BCUT2D eigenvalue weighted by Gasteiger charge is 2.17. The Morgan fingerprint density at radius 1 is 1.09 bits per heavy atom. The van der Waals surface area contributed by atoms with Crippen LogP contribution in [-0.4, -0.2) is 19.6 Å². The zero-order chi connectivity index (χ0) is 24.1. The minimum atomic E-state index is -0.704. The molecular weight excluding hydrogens is 444 g/mol. The summed E-state index contributed by atoms with van der Waals surface area (Å²) in [5, 5.41) is 2.33. The van der Waals surface area contributed by atoms with Gasteiger partial charge in [-0.2, -0.15) is 0 Å². The highest BCUT2D eigenvalue weighted by molar-refractivity contribution is 6.32. The number of rotatable bonds is 5. The first-order valence-corrected chi connectivity index (χ1v) is 10.6. The number of nitrogens with zero attached hydrogens (tertiary/aromatic N) is 3. The summed E-state index contributed by atoms with van der Waals surface area (Å²) in [5.74, 6) is 5.18. The second kappa shape index (κ2) is 10.2. The number of pyridine rings is 1. The van der Waals surface area contributed by atoms with Gasteiger partial charge in [0.2, 0.25) is 5.91 Å². The molecule has 1 N–H and O–H groups in total. The average molecular weight is 467 g/mol. The Labute approximate surface area is 195 Å². The third-order valence-electron chi connectivity index (χ3n) is 5.08. The molecule has 1 amide bonds. The highest BCUT2D eigenvalue weighted by Crippen LogP contribution is 2.16. The Kier molecular flexibility index (Phi) is 7.36. The predicted molar refractivity (Wildman–Crippen MR) is 128 cm³/mol. The standard InChI is InChI=1S/C24H23ClN4O4/c1-16-6-8-17(9-7-16)10-11-19(30)26-21-22(25)29(24(33)28(3)23(21)32)13-4-5-18-12-14-27(2)20(31)15-18/h6-9,12,14-15H,10-11,13H2,1-3H3,(H,26,30). The van der Waals surface area contributed by atoms with Gasteiger partial charge < -0.3 is 9.88 Å². The topological polar surface area (TPSA) is 95.1 Å². The van der Waals surface area contributed by atoms with Crippen LogP contribution < -0.4 is 22.1 Å². The van der Waals surface area contributed by atoms with E-state index < -0.39 is 17.2 Å². The van der Waals surface area contributed by atoms with Crippen LogP contribution in [0.3, 0.4) is 0 Å². The zero-order valence-electron chi connectivity index (χ0n) is 18.5. The largest absolute Gasteiger partial charge is 0.332 e. The summed E-state index contributed by atoms with van der Waals surface area (Å²) in [5.41, 5.74) is 0.837. The molecular formula is C24H23ClN4O4. The summed E-state index contributed by atoms with van der Waals surface area (Å²) in [7, 11) is 2.92. The molecule has 170 valence electrons. The number of benzene rings is 1. The molecule has 0 aliphatic rings. The number of aryl methyl sites for hydroxylation is 3. The summed E-state index contributed by atoms with van der Waals surface area (Å²) >= 11 is 6.31. The lowest BCUT2D eigenvalue weighted by Gasteiger charge is -2.13. The van der Waals surface area contributed by atoms with Gasteiger partial charge in [-0.3, -0.25) is 23.5 Å². The first-order valence-electron chi connectivity index (χ1n) is 10.2. The lowest BCUT2D eigenvalue weighted by molar-refractivity contribution is -0.116. The second-order valence-electron chi connectivity index (χ2n) is 7.60. The molecule has 0 aliphatic carbocycles. The van der Waals surface area contributed by atoms with Crippen LogP contribution in [0, 0.1) is 18.8 Å². The lowest BCUT2D eigenvalue weighted by atomic mass is 10.1. The van der Waals surface area contributed by atoms with Crippen molar-refractivity contribution in [3.8, 4) is 11.8 Å². The highest BCUT2D eigenvalue weighted by atomic mass is 35.5. The first kappa shape index (κ1) is 23.8. The van der Waals surface area contributed by atoms with Gasteiger partial charge in [-0.15, -0.1) is 0 Å². The first-order chi connectivity index (χ1) is 15.7. The van der Waals surface area contributed by atoms with Gasteiger partial charge in [-0.1, -0.05) is 53.3 Å². The van der Waals surface area contributed by atoms with Gasteiger partial charge in [0.25, 0.3) is 11.1 Å². The number of anilines is 1.